The fourth-order valence-electron chi connectivity index (χ4n) is 2.00. The molecule has 1 heteroatoms. The smallest absolute Gasteiger partial charge is 0.0223 e. The van der Waals surface area contributed by atoms with E-state index in [4.69, 9.17) is 11.6 Å². The van der Waals surface area contributed by atoms with Crippen LogP contribution in [0.25, 0.3) is 0 Å². The molecule has 1 atom stereocenters. The van der Waals surface area contributed by atoms with Crippen LogP contribution in [-0.2, 0) is 0 Å². The largest absolute Gasteiger partial charge is 0.127 e. The van der Waals surface area contributed by atoms with E-state index in [2.05, 4.69) is 6.58 Å². The van der Waals surface area contributed by atoms with Crippen LogP contribution in [0.1, 0.15) is 44.9 Å². The molecule has 1 unspecified atom stereocenters. The lowest BCUT2D eigenvalue weighted by molar-refractivity contribution is 0.506. The number of allylic oxidation sites excluding steroid dienone is 1. The number of halogens is 1. The summed E-state index contributed by atoms with van der Waals surface area (Å²) in [5, 5.41) is 0. The first-order valence-electron chi connectivity index (χ1n) is 5.08. The molecule has 1 aliphatic rings. The first-order valence-corrected chi connectivity index (χ1v) is 5.61. The van der Waals surface area contributed by atoms with Crippen molar-refractivity contribution < 1.29 is 0 Å². The van der Waals surface area contributed by atoms with E-state index in [1.54, 1.807) is 0 Å². The SMILES string of the molecule is C=C1CCCCCC1CCCCl. The van der Waals surface area contributed by atoms with Crippen LogP contribution in [0.3, 0.4) is 0 Å². The molecule has 0 aromatic heterocycles. The summed E-state index contributed by atoms with van der Waals surface area (Å²) in [6.07, 6.45) is 9.19. The molecule has 1 saturated carbocycles. The molecule has 0 saturated heterocycles. The van der Waals surface area contributed by atoms with Gasteiger partial charge in [0.05, 0.1) is 0 Å². The Morgan fingerprint density at radius 3 is 2.92 bits per heavy atom. The molecule has 1 fully saturated rings. The molecular formula is C11H19Cl. The maximum atomic E-state index is 5.68. The van der Waals surface area contributed by atoms with Crippen molar-refractivity contribution in [2.24, 2.45) is 5.92 Å². The van der Waals surface area contributed by atoms with Crippen molar-refractivity contribution in [1.82, 2.24) is 0 Å². The van der Waals surface area contributed by atoms with Gasteiger partial charge in [-0.25, -0.2) is 0 Å². The van der Waals surface area contributed by atoms with Gasteiger partial charge < -0.3 is 0 Å². The van der Waals surface area contributed by atoms with Crippen molar-refractivity contribution in [2.45, 2.75) is 44.9 Å². The van der Waals surface area contributed by atoms with Gasteiger partial charge in [-0.05, 0) is 38.0 Å². The summed E-state index contributed by atoms with van der Waals surface area (Å²) < 4.78 is 0. The van der Waals surface area contributed by atoms with Gasteiger partial charge in [0.1, 0.15) is 0 Å². The maximum Gasteiger partial charge on any atom is 0.0223 e. The van der Waals surface area contributed by atoms with Crippen molar-refractivity contribution in [3.8, 4) is 0 Å². The van der Waals surface area contributed by atoms with Gasteiger partial charge in [-0.3, -0.25) is 0 Å². The summed E-state index contributed by atoms with van der Waals surface area (Å²) in [7, 11) is 0. The molecule has 0 aliphatic heterocycles. The van der Waals surface area contributed by atoms with Crippen LogP contribution >= 0.6 is 11.6 Å². The zero-order valence-electron chi connectivity index (χ0n) is 7.82. The highest BCUT2D eigenvalue weighted by Gasteiger charge is 2.14. The summed E-state index contributed by atoms with van der Waals surface area (Å²) in [4.78, 5) is 0. The van der Waals surface area contributed by atoms with Gasteiger partial charge in [0.15, 0.2) is 0 Å². The van der Waals surface area contributed by atoms with E-state index < -0.39 is 0 Å². The van der Waals surface area contributed by atoms with Gasteiger partial charge in [0.2, 0.25) is 0 Å². The van der Waals surface area contributed by atoms with Crippen LogP contribution in [0.5, 0.6) is 0 Å². The first kappa shape index (κ1) is 10.1. The van der Waals surface area contributed by atoms with Crippen LogP contribution in [0.15, 0.2) is 12.2 Å². The Kier molecular flexibility index (Phi) is 4.75. The van der Waals surface area contributed by atoms with Gasteiger partial charge in [0, 0.05) is 5.88 Å². The maximum absolute atomic E-state index is 5.68. The Balaban J connectivity index is 2.31. The standard InChI is InChI=1S/C11H19Cl/c1-10-6-3-2-4-7-11(10)8-5-9-12/h11H,1-9H2. The topological polar surface area (TPSA) is 0 Å². The van der Waals surface area contributed by atoms with Crippen LogP contribution in [0.4, 0.5) is 0 Å². The molecule has 1 aliphatic carbocycles. The van der Waals surface area contributed by atoms with Gasteiger partial charge in [0.25, 0.3) is 0 Å². The fraction of sp³-hybridized carbons (Fsp3) is 0.818. The Labute approximate surface area is 81.0 Å². The molecule has 1 rings (SSSR count). The number of rotatable bonds is 3. The Morgan fingerprint density at radius 1 is 1.33 bits per heavy atom. The highest BCUT2D eigenvalue weighted by Crippen LogP contribution is 2.30. The molecular weight excluding hydrogens is 168 g/mol. The third-order valence-electron chi connectivity index (χ3n) is 2.81. The summed E-state index contributed by atoms with van der Waals surface area (Å²) in [5.74, 6) is 1.59. The third-order valence-corrected chi connectivity index (χ3v) is 3.08. The highest BCUT2D eigenvalue weighted by molar-refractivity contribution is 6.17. The monoisotopic (exact) mass is 186 g/mol. The quantitative estimate of drug-likeness (QED) is 0.353. The van der Waals surface area contributed by atoms with E-state index in [0.29, 0.717) is 0 Å². The second-order valence-corrected chi connectivity index (χ2v) is 4.16. The van der Waals surface area contributed by atoms with Crippen LogP contribution in [-0.4, -0.2) is 5.88 Å². The molecule has 0 heterocycles. The van der Waals surface area contributed by atoms with E-state index in [1.807, 2.05) is 0 Å². The zero-order chi connectivity index (χ0) is 8.81. The van der Waals surface area contributed by atoms with Gasteiger partial charge in [-0.1, -0.05) is 25.0 Å². The lowest BCUT2D eigenvalue weighted by atomic mass is 9.91. The van der Waals surface area contributed by atoms with Gasteiger partial charge >= 0.3 is 0 Å². The molecule has 0 spiro atoms. The Morgan fingerprint density at radius 2 is 2.17 bits per heavy atom. The lowest BCUT2D eigenvalue weighted by Gasteiger charge is -2.15. The van der Waals surface area contributed by atoms with Crippen molar-refractivity contribution in [3.63, 3.8) is 0 Å². The van der Waals surface area contributed by atoms with Crippen molar-refractivity contribution >= 4 is 11.6 Å². The molecule has 0 radical (unpaired) electrons. The Bertz CT molecular complexity index is 140. The van der Waals surface area contributed by atoms with Gasteiger partial charge in [-0.2, -0.15) is 0 Å². The molecule has 0 bridgehead atoms. The minimum Gasteiger partial charge on any atom is -0.127 e. The number of hydrogen-bond acceptors (Lipinski definition) is 0. The predicted molar refractivity (Wildman–Crippen MR) is 55.7 cm³/mol. The highest BCUT2D eigenvalue weighted by atomic mass is 35.5. The predicted octanol–water partition coefficient (Wildman–Crippen LogP) is 4.14. The van der Waals surface area contributed by atoms with E-state index in [1.165, 1.54) is 44.1 Å². The summed E-state index contributed by atoms with van der Waals surface area (Å²) in [6.45, 7) is 4.17. The van der Waals surface area contributed by atoms with E-state index in [0.717, 1.165) is 18.2 Å². The number of hydrogen-bond donors (Lipinski definition) is 0. The molecule has 0 amide bonds. The van der Waals surface area contributed by atoms with Crippen molar-refractivity contribution in [3.05, 3.63) is 12.2 Å². The molecule has 0 N–H and O–H groups in total. The van der Waals surface area contributed by atoms with E-state index >= 15 is 0 Å². The Hall–Kier alpha value is 0.0300. The molecule has 0 nitrogen and oxygen atoms in total. The van der Waals surface area contributed by atoms with Crippen molar-refractivity contribution in [1.29, 1.82) is 0 Å². The molecule has 0 aromatic carbocycles. The van der Waals surface area contributed by atoms with Gasteiger partial charge in [-0.15, -0.1) is 11.6 Å². The average molecular weight is 187 g/mol. The zero-order valence-corrected chi connectivity index (χ0v) is 8.58. The lowest BCUT2D eigenvalue weighted by Crippen LogP contribution is -2.01. The second kappa shape index (κ2) is 5.64. The first-order chi connectivity index (χ1) is 5.84. The van der Waals surface area contributed by atoms with Crippen molar-refractivity contribution in [2.75, 3.05) is 5.88 Å². The summed E-state index contributed by atoms with van der Waals surface area (Å²) in [6, 6.07) is 0. The number of alkyl halides is 1. The second-order valence-electron chi connectivity index (χ2n) is 3.79. The molecule has 0 aromatic rings. The van der Waals surface area contributed by atoms with Crippen LogP contribution in [0, 0.1) is 5.92 Å². The minimum absolute atomic E-state index is 0.784. The minimum atomic E-state index is 0.784. The van der Waals surface area contributed by atoms with E-state index in [-0.39, 0.29) is 0 Å². The summed E-state index contributed by atoms with van der Waals surface area (Å²) in [5.41, 5.74) is 1.48. The summed E-state index contributed by atoms with van der Waals surface area (Å²) >= 11 is 5.68. The fourth-order valence-corrected chi connectivity index (χ4v) is 2.15. The van der Waals surface area contributed by atoms with E-state index in [9.17, 15) is 0 Å². The normalized spacial score (nSPS) is 25.4. The average Bonchev–Trinajstić information content (AvgIpc) is 2.27. The molecule has 70 valence electrons. The van der Waals surface area contributed by atoms with Crippen LogP contribution < -0.4 is 0 Å². The molecule has 12 heavy (non-hydrogen) atoms. The third kappa shape index (κ3) is 3.18. The van der Waals surface area contributed by atoms with Crippen LogP contribution in [0.2, 0.25) is 0 Å².